The summed E-state index contributed by atoms with van der Waals surface area (Å²) in [6.07, 6.45) is 6.56. The Kier molecular flexibility index (Phi) is 2.77. The van der Waals surface area contributed by atoms with Crippen LogP contribution in [-0.4, -0.2) is 14.6 Å². The number of nitrogens with zero attached hydrogens (tertiary/aromatic N) is 3. The standard InChI is InChI=1S/C17H16FN3/c1-11-16(12-6-8-14(18)9-7-12)17-19-10-13-4-2-3-5-15(13)21(17)20-11/h6-10H,2-5H2,1H3. The number of rotatable bonds is 1. The van der Waals surface area contributed by atoms with E-state index in [9.17, 15) is 4.39 Å². The second-order valence-electron chi connectivity index (χ2n) is 5.64. The van der Waals surface area contributed by atoms with E-state index < -0.39 is 0 Å². The molecule has 106 valence electrons. The number of hydrogen-bond acceptors (Lipinski definition) is 2. The molecule has 0 bridgehead atoms. The number of fused-ring (bicyclic) bond motifs is 3. The Morgan fingerprint density at radius 2 is 1.86 bits per heavy atom. The summed E-state index contributed by atoms with van der Waals surface area (Å²) in [4.78, 5) is 4.62. The van der Waals surface area contributed by atoms with E-state index in [1.807, 2.05) is 17.6 Å². The van der Waals surface area contributed by atoms with Gasteiger partial charge in [0.2, 0.25) is 0 Å². The second-order valence-corrected chi connectivity index (χ2v) is 5.64. The number of hydrogen-bond donors (Lipinski definition) is 0. The summed E-state index contributed by atoms with van der Waals surface area (Å²) < 4.78 is 15.1. The van der Waals surface area contributed by atoms with Gasteiger partial charge in [-0.25, -0.2) is 13.9 Å². The van der Waals surface area contributed by atoms with Crippen LogP contribution in [0.3, 0.4) is 0 Å². The third-order valence-electron chi connectivity index (χ3n) is 4.25. The Labute approximate surface area is 122 Å². The molecule has 2 heterocycles. The largest absolute Gasteiger partial charge is 0.236 e. The summed E-state index contributed by atoms with van der Waals surface area (Å²) in [5.41, 5.74) is 6.37. The topological polar surface area (TPSA) is 30.2 Å². The molecule has 0 radical (unpaired) electrons. The zero-order valence-corrected chi connectivity index (χ0v) is 11.9. The van der Waals surface area contributed by atoms with Crippen LogP contribution >= 0.6 is 0 Å². The maximum atomic E-state index is 13.1. The van der Waals surface area contributed by atoms with Gasteiger partial charge in [-0.15, -0.1) is 0 Å². The van der Waals surface area contributed by atoms with E-state index in [0.29, 0.717) is 0 Å². The van der Waals surface area contributed by atoms with E-state index >= 15 is 0 Å². The molecular formula is C17H16FN3. The van der Waals surface area contributed by atoms with Crippen LogP contribution in [0.5, 0.6) is 0 Å². The molecule has 0 aliphatic heterocycles. The van der Waals surface area contributed by atoms with Gasteiger partial charge in [0.1, 0.15) is 5.82 Å². The molecule has 3 aromatic rings. The summed E-state index contributed by atoms with van der Waals surface area (Å²) >= 11 is 0. The number of aromatic nitrogens is 3. The minimum atomic E-state index is -0.224. The fraction of sp³-hybridized carbons (Fsp3) is 0.294. The van der Waals surface area contributed by atoms with Crippen molar-refractivity contribution in [2.24, 2.45) is 0 Å². The van der Waals surface area contributed by atoms with Crippen molar-refractivity contribution in [3.63, 3.8) is 0 Å². The molecule has 0 atom stereocenters. The summed E-state index contributed by atoms with van der Waals surface area (Å²) in [5.74, 6) is -0.224. The first-order valence-electron chi connectivity index (χ1n) is 7.36. The fourth-order valence-corrected chi connectivity index (χ4v) is 3.21. The minimum absolute atomic E-state index is 0.224. The van der Waals surface area contributed by atoms with Crippen molar-refractivity contribution in [3.8, 4) is 11.1 Å². The van der Waals surface area contributed by atoms with Crippen LogP contribution in [0.4, 0.5) is 4.39 Å². The second kappa shape index (κ2) is 4.65. The van der Waals surface area contributed by atoms with E-state index in [2.05, 4.69) is 10.1 Å². The lowest BCUT2D eigenvalue weighted by atomic mass is 9.97. The molecule has 0 unspecified atom stereocenters. The predicted molar refractivity (Wildman–Crippen MR) is 79.8 cm³/mol. The lowest BCUT2D eigenvalue weighted by molar-refractivity contribution is 0.628. The first-order valence-corrected chi connectivity index (χ1v) is 7.36. The normalized spacial score (nSPS) is 14.4. The number of aryl methyl sites for hydroxylation is 3. The van der Waals surface area contributed by atoms with Gasteiger partial charge in [0.15, 0.2) is 5.65 Å². The minimum Gasteiger partial charge on any atom is -0.236 e. The summed E-state index contributed by atoms with van der Waals surface area (Å²) in [6.45, 7) is 1.99. The Balaban J connectivity index is 1.98. The van der Waals surface area contributed by atoms with Crippen LogP contribution in [0, 0.1) is 12.7 Å². The van der Waals surface area contributed by atoms with Crippen molar-refractivity contribution >= 4 is 5.65 Å². The van der Waals surface area contributed by atoms with Gasteiger partial charge in [0.05, 0.1) is 5.69 Å². The van der Waals surface area contributed by atoms with E-state index in [0.717, 1.165) is 35.3 Å². The van der Waals surface area contributed by atoms with Crippen molar-refractivity contribution in [3.05, 3.63) is 53.2 Å². The van der Waals surface area contributed by atoms with Crippen LogP contribution in [0.15, 0.2) is 30.5 Å². The maximum Gasteiger partial charge on any atom is 0.163 e. The first kappa shape index (κ1) is 12.5. The highest BCUT2D eigenvalue weighted by atomic mass is 19.1. The zero-order valence-electron chi connectivity index (χ0n) is 11.9. The van der Waals surface area contributed by atoms with Crippen LogP contribution < -0.4 is 0 Å². The highest BCUT2D eigenvalue weighted by Gasteiger charge is 2.19. The molecule has 0 spiro atoms. The van der Waals surface area contributed by atoms with E-state index in [4.69, 9.17) is 0 Å². The Morgan fingerprint density at radius 1 is 1.10 bits per heavy atom. The SMILES string of the molecule is Cc1nn2c3c(cnc2c1-c1ccc(F)cc1)CCCC3. The average molecular weight is 281 g/mol. The molecule has 3 nitrogen and oxygen atoms in total. The van der Waals surface area contributed by atoms with Crippen LogP contribution in [0.25, 0.3) is 16.8 Å². The Morgan fingerprint density at radius 3 is 2.67 bits per heavy atom. The van der Waals surface area contributed by atoms with Crippen molar-refractivity contribution in [1.29, 1.82) is 0 Å². The molecule has 0 N–H and O–H groups in total. The van der Waals surface area contributed by atoms with Gasteiger partial charge in [0, 0.05) is 17.5 Å². The quantitative estimate of drug-likeness (QED) is 0.680. The molecule has 1 aromatic carbocycles. The Hall–Kier alpha value is -2.23. The van der Waals surface area contributed by atoms with E-state index in [1.165, 1.54) is 36.2 Å². The molecule has 0 saturated carbocycles. The molecule has 1 aliphatic rings. The maximum absolute atomic E-state index is 13.1. The van der Waals surface area contributed by atoms with Crippen LogP contribution in [0.1, 0.15) is 29.8 Å². The van der Waals surface area contributed by atoms with Crippen molar-refractivity contribution < 1.29 is 4.39 Å². The molecular weight excluding hydrogens is 265 g/mol. The van der Waals surface area contributed by atoms with Crippen LogP contribution in [-0.2, 0) is 12.8 Å². The lowest BCUT2D eigenvalue weighted by Gasteiger charge is -2.15. The molecule has 0 amide bonds. The molecule has 0 saturated heterocycles. The van der Waals surface area contributed by atoms with Gasteiger partial charge in [-0.3, -0.25) is 0 Å². The predicted octanol–water partition coefficient (Wildman–Crippen LogP) is 3.72. The Bertz CT molecular complexity index is 818. The molecule has 2 aromatic heterocycles. The third kappa shape index (κ3) is 1.94. The fourth-order valence-electron chi connectivity index (χ4n) is 3.21. The van der Waals surface area contributed by atoms with Gasteiger partial charge in [-0.1, -0.05) is 12.1 Å². The average Bonchev–Trinajstić information content (AvgIpc) is 2.85. The number of halogens is 1. The van der Waals surface area contributed by atoms with Crippen molar-refractivity contribution in [2.75, 3.05) is 0 Å². The molecule has 1 aliphatic carbocycles. The van der Waals surface area contributed by atoms with Crippen LogP contribution in [0.2, 0.25) is 0 Å². The van der Waals surface area contributed by atoms with Gasteiger partial charge < -0.3 is 0 Å². The highest BCUT2D eigenvalue weighted by molar-refractivity contribution is 5.79. The lowest BCUT2D eigenvalue weighted by Crippen LogP contribution is -2.10. The third-order valence-corrected chi connectivity index (χ3v) is 4.25. The van der Waals surface area contributed by atoms with Gasteiger partial charge in [-0.2, -0.15) is 5.10 Å². The summed E-state index contributed by atoms with van der Waals surface area (Å²) in [6, 6.07) is 6.55. The van der Waals surface area contributed by atoms with Crippen molar-refractivity contribution in [2.45, 2.75) is 32.6 Å². The highest BCUT2D eigenvalue weighted by Crippen LogP contribution is 2.30. The summed E-state index contributed by atoms with van der Waals surface area (Å²) in [5, 5.41) is 4.69. The van der Waals surface area contributed by atoms with Gasteiger partial charge in [-0.05, 0) is 55.9 Å². The molecule has 4 rings (SSSR count). The van der Waals surface area contributed by atoms with Gasteiger partial charge >= 0.3 is 0 Å². The molecule has 4 heteroatoms. The van der Waals surface area contributed by atoms with E-state index in [1.54, 1.807) is 12.1 Å². The smallest absolute Gasteiger partial charge is 0.163 e. The summed E-state index contributed by atoms with van der Waals surface area (Å²) in [7, 11) is 0. The molecule has 21 heavy (non-hydrogen) atoms. The van der Waals surface area contributed by atoms with E-state index in [-0.39, 0.29) is 5.82 Å². The van der Waals surface area contributed by atoms with Gasteiger partial charge in [0.25, 0.3) is 0 Å². The van der Waals surface area contributed by atoms with Crippen molar-refractivity contribution in [1.82, 2.24) is 14.6 Å². The number of benzene rings is 1. The molecule has 0 fully saturated rings. The monoisotopic (exact) mass is 281 g/mol. The zero-order chi connectivity index (χ0) is 14.4. The first-order chi connectivity index (χ1) is 10.2.